The largest absolute Gasteiger partial charge is 0.486 e. The quantitative estimate of drug-likeness (QED) is 0.504. The van der Waals surface area contributed by atoms with Gasteiger partial charge in [-0.2, -0.15) is 0 Å². The van der Waals surface area contributed by atoms with E-state index in [4.69, 9.17) is 22.1 Å². The second kappa shape index (κ2) is 4.67. The van der Waals surface area contributed by atoms with Crippen molar-refractivity contribution in [3.8, 4) is 5.75 Å². The molecule has 1 fully saturated rings. The topological polar surface area (TPSA) is 55.6 Å². The van der Waals surface area contributed by atoms with Gasteiger partial charge in [0.15, 0.2) is 0 Å². The molecule has 6 heteroatoms. The summed E-state index contributed by atoms with van der Waals surface area (Å²) < 4.78 is 5.66. The maximum atomic E-state index is 10.9. The molecular formula is C10H10ClIN2O2. The van der Waals surface area contributed by atoms with Crippen LogP contribution in [0.2, 0.25) is 5.02 Å². The highest BCUT2D eigenvalue weighted by Crippen LogP contribution is 2.29. The highest BCUT2D eigenvalue weighted by molar-refractivity contribution is 14.1. The summed E-state index contributed by atoms with van der Waals surface area (Å²) in [5.74, 6) is 0.711. The summed E-state index contributed by atoms with van der Waals surface area (Å²) in [6, 6.07) is 6.78. The Hall–Kier alpha value is -0.690. The Morgan fingerprint density at radius 3 is 2.94 bits per heavy atom. The molecule has 0 radical (unpaired) electrons. The molecular weight excluding hydrogens is 342 g/mol. The van der Waals surface area contributed by atoms with Crippen LogP contribution in [0, 0.1) is 0 Å². The van der Waals surface area contributed by atoms with Gasteiger partial charge in [0.1, 0.15) is 15.9 Å². The Labute approximate surface area is 112 Å². The van der Waals surface area contributed by atoms with Crippen molar-refractivity contribution in [3.63, 3.8) is 0 Å². The van der Waals surface area contributed by atoms with E-state index >= 15 is 0 Å². The fraction of sp³-hybridized carbons (Fsp3) is 0.300. The summed E-state index contributed by atoms with van der Waals surface area (Å²) in [4.78, 5) is 12.5. The summed E-state index contributed by atoms with van der Waals surface area (Å²) >= 11 is 7.97. The molecule has 16 heavy (non-hydrogen) atoms. The van der Waals surface area contributed by atoms with Gasteiger partial charge in [-0.1, -0.05) is 40.3 Å². The standard InChI is InChI=1S/C10H10ClIN2O2/c11-6-2-1-3-7(4-6)16-8-5-14(9(8)12)10(13)15/h1-4,8-9H,5H2,(H2,13,15). The monoisotopic (exact) mass is 352 g/mol. The minimum atomic E-state index is -0.412. The maximum Gasteiger partial charge on any atom is 0.315 e. The zero-order valence-electron chi connectivity index (χ0n) is 8.27. The number of hydrogen-bond donors (Lipinski definition) is 1. The van der Waals surface area contributed by atoms with Crippen LogP contribution in [0.1, 0.15) is 0 Å². The van der Waals surface area contributed by atoms with E-state index in [9.17, 15) is 4.79 Å². The number of benzene rings is 1. The molecule has 2 atom stereocenters. The molecule has 0 bridgehead atoms. The summed E-state index contributed by atoms with van der Waals surface area (Å²) in [5, 5.41) is 0.633. The van der Waals surface area contributed by atoms with Crippen LogP contribution in [-0.2, 0) is 0 Å². The van der Waals surface area contributed by atoms with Crippen molar-refractivity contribution < 1.29 is 9.53 Å². The first-order valence-electron chi connectivity index (χ1n) is 4.70. The molecule has 1 heterocycles. The molecule has 1 aliphatic rings. The van der Waals surface area contributed by atoms with Gasteiger partial charge in [-0.15, -0.1) is 0 Å². The van der Waals surface area contributed by atoms with Gasteiger partial charge < -0.3 is 15.4 Å². The van der Waals surface area contributed by atoms with Crippen molar-refractivity contribution in [3.05, 3.63) is 29.3 Å². The number of rotatable bonds is 2. The van der Waals surface area contributed by atoms with Crippen molar-refractivity contribution in [1.82, 2.24) is 4.90 Å². The van der Waals surface area contributed by atoms with Crippen LogP contribution < -0.4 is 10.5 Å². The van der Waals surface area contributed by atoms with Gasteiger partial charge in [0.2, 0.25) is 0 Å². The lowest BCUT2D eigenvalue weighted by Crippen LogP contribution is -2.62. The maximum absolute atomic E-state index is 10.9. The number of amides is 2. The zero-order chi connectivity index (χ0) is 11.7. The molecule has 4 nitrogen and oxygen atoms in total. The van der Waals surface area contributed by atoms with E-state index in [-0.39, 0.29) is 10.2 Å². The van der Waals surface area contributed by atoms with Crippen LogP contribution in [0.3, 0.4) is 0 Å². The molecule has 0 aliphatic carbocycles. The predicted molar refractivity (Wildman–Crippen MR) is 70.0 cm³/mol. The lowest BCUT2D eigenvalue weighted by molar-refractivity contribution is 0.0376. The normalized spacial score (nSPS) is 23.8. The van der Waals surface area contributed by atoms with Crippen molar-refractivity contribution in [2.75, 3.05) is 6.54 Å². The van der Waals surface area contributed by atoms with Crippen molar-refractivity contribution >= 4 is 40.2 Å². The van der Waals surface area contributed by atoms with E-state index < -0.39 is 6.03 Å². The van der Waals surface area contributed by atoms with E-state index in [2.05, 4.69) is 22.6 Å². The summed E-state index contributed by atoms with van der Waals surface area (Å²) in [7, 11) is 0. The second-order valence-corrected chi connectivity index (χ2v) is 5.19. The minimum Gasteiger partial charge on any atom is -0.486 e. The fourth-order valence-corrected chi connectivity index (χ4v) is 2.52. The number of nitrogens with zero attached hydrogens (tertiary/aromatic N) is 1. The average Bonchev–Trinajstić information content (AvgIpc) is 2.22. The first-order valence-corrected chi connectivity index (χ1v) is 6.32. The smallest absolute Gasteiger partial charge is 0.315 e. The van der Waals surface area contributed by atoms with Gasteiger partial charge in [0, 0.05) is 5.02 Å². The molecule has 0 spiro atoms. The minimum absolute atomic E-state index is 0.0194. The van der Waals surface area contributed by atoms with Crippen LogP contribution in [-0.4, -0.2) is 27.6 Å². The summed E-state index contributed by atoms with van der Waals surface area (Å²) in [6.45, 7) is 0.523. The van der Waals surface area contributed by atoms with E-state index in [0.717, 1.165) is 0 Å². The molecule has 86 valence electrons. The highest BCUT2D eigenvalue weighted by Gasteiger charge is 2.41. The van der Waals surface area contributed by atoms with Gasteiger partial charge in [-0.3, -0.25) is 0 Å². The van der Waals surface area contributed by atoms with E-state index in [1.807, 2.05) is 12.1 Å². The molecule has 0 aromatic heterocycles. The first kappa shape index (κ1) is 11.8. The van der Waals surface area contributed by atoms with Crippen molar-refractivity contribution in [1.29, 1.82) is 0 Å². The number of ether oxygens (including phenoxy) is 1. The predicted octanol–water partition coefficient (Wildman–Crippen LogP) is 2.24. The lowest BCUT2D eigenvalue weighted by Gasteiger charge is -2.43. The SMILES string of the molecule is NC(=O)N1CC(Oc2cccc(Cl)c2)C1I. The van der Waals surface area contributed by atoms with Gasteiger partial charge >= 0.3 is 6.03 Å². The van der Waals surface area contributed by atoms with Crippen LogP contribution in [0.25, 0.3) is 0 Å². The molecule has 1 aromatic carbocycles. The number of halogens is 2. The molecule has 1 aliphatic heterocycles. The fourth-order valence-electron chi connectivity index (χ4n) is 1.46. The van der Waals surface area contributed by atoms with Crippen LogP contribution in [0.4, 0.5) is 4.79 Å². The summed E-state index contributed by atoms with van der Waals surface area (Å²) in [6.07, 6.45) is -0.0217. The highest BCUT2D eigenvalue weighted by atomic mass is 127. The molecule has 1 aromatic rings. The third-order valence-electron chi connectivity index (χ3n) is 2.35. The summed E-state index contributed by atoms with van der Waals surface area (Å²) in [5.41, 5.74) is 5.17. The van der Waals surface area contributed by atoms with Gasteiger partial charge in [0.05, 0.1) is 6.54 Å². The third kappa shape index (κ3) is 2.35. The number of alkyl halides is 1. The average molecular weight is 353 g/mol. The van der Waals surface area contributed by atoms with Crippen LogP contribution >= 0.6 is 34.2 Å². The number of primary amides is 1. The Morgan fingerprint density at radius 1 is 1.62 bits per heavy atom. The Balaban J connectivity index is 1.96. The number of likely N-dealkylation sites (tertiary alicyclic amines) is 1. The number of carbonyl (C=O) groups is 1. The lowest BCUT2D eigenvalue weighted by atomic mass is 10.2. The van der Waals surface area contributed by atoms with Crippen molar-refractivity contribution in [2.24, 2.45) is 5.73 Å². The molecule has 2 amide bonds. The van der Waals surface area contributed by atoms with Crippen molar-refractivity contribution in [2.45, 2.75) is 10.2 Å². The molecule has 2 rings (SSSR count). The van der Waals surface area contributed by atoms with Gasteiger partial charge in [-0.25, -0.2) is 4.79 Å². The van der Waals surface area contributed by atoms with E-state index in [1.165, 1.54) is 0 Å². The Morgan fingerprint density at radius 2 is 2.38 bits per heavy atom. The molecule has 2 N–H and O–H groups in total. The first-order chi connectivity index (χ1) is 7.58. The third-order valence-corrected chi connectivity index (χ3v) is 4.06. The molecule has 0 saturated carbocycles. The number of hydrogen-bond acceptors (Lipinski definition) is 2. The number of carbonyl (C=O) groups excluding carboxylic acids is 1. The zero-order valence-corrected chi connectivity index (χ0v) is 11.2. The van der Waals surface area contributed by atoms with E-state index in [1.54, 1.807) is 17.0 Å². The van der Waals surface area contributed by atoms with Crippen LogP contribution in [0.5, 0.6) is 5.75 Å². The van der Waals surface area contributed by atoms with Gasteiger partial charge in [0.25, 0.3) is 0 Å². The number of nitrogens with two attached hydrogens (primary N) is 1. The Kier molecular flexibility index (Phi) is 3.44. The second-order valence-electron chi connectivity index (χ2n) is 3.48. The number of urea groups is 1. The van der Waals surface area contributed by atoms with E-state index in [0.29, 0.717) is 17.3 Å². The Bertz CT molecular complexity index is 416. The van der Waals surface area contributed by atoms with Gasteiger partial charge in [-0.05, 0) is 18.2 Å². The molecule has 1 saturated heterocycles. The van der Waals surface area contributed by atoms with Crippen LogP contribution in [0.15, 0.2) is 24.3 Å². The molecule has 2 unspecified atom stereocenters.